The predicted octanol–water partition coefficient (Wildman–Crippen LogP) is -1.74. The maximum absolute atomic E-state index is 4.71. The van der Waals surface area contributed by atoms with Crippen molar-refractivity contribution in [1.82, 2.24) is 0 Å². The topological polar surface area (TPSA) is 35.2 Å². The summed E-state index contributed by atoms with van der Waals surface area (Å²) in [6, 6.07) is 20.8. The number of hydrogen-bond acceptors (Lipinski definition) is 2. The van der Waals surface area contributed by atoms with Gasteiger partial charge in [-0.05, 0) is 17.5 Å². The van der Waals surface area contributed by atoms with Crippen molar-refractivity contribution in [2.75, 3.05) is 6.61 Å². The van der Waals surface area contributed by atoms with Gasteiger partial charge in [0.15, 0.2) is 0 Å². The fraction of sp³-hybridized carbons (Fsp3) is 0.250. The summed E-state index contributed by atoms with van der Waals surface area (Å²) in [6.45, 7) is 2.79. The standard InChI is InChI=1S/C12H10.C4H11NO.2Na.2H/c1-3-7-11(8-4-1)12-9-5-2-6-10-12;1-2-3-4-6-5;;;;/h1-10H;2-5H2,1H3;;;;/q;;2*+1;2*-1. The van der Waals surface area contributed by atoms with Crippen LogP contribution in [0.5, 0.6) is 0 Å². The van der Waals surface area contributed by atoms with Gasteiger partial charge in [-0.3, -0.25) is 0 Å². The summed E-state index contributed by atoms with van der Waals surface area (Å²) in [7, 11) is 0. The van der Waals surface area contributed by atoms with Crippen LogP contribution in [0.4, 0.5) is 0 Å². The van der Waals surface area contributed by atoms with Crippen molar-refractivity contribution in [1.29, 1.82) is 0 Å². The molecule has 0 bridgehead atoms. The average molecular weight is 291 g/mol. The normalized spacial score (nSPS) is 8.50. The summed E-state index contributed by atoms with van der Waals surface area (Å²) >= 11 is 0. The first kappa shape index (κ1) is 22.6. The molecule has 0 fully saturated rings. The van der Waals surface area contributed by atoms with Crippen LogP contribution >= 0.6 is 0 Å². The van der Waals surface area contributed by atoms with Crippen LogP contribution in [0.2, 0.25) is 0 Å². The smallest absolute Gasteiger partial charge is 1.00 e. The van der Waals surface area contributed by atoms with E-state index < -0.39 is 0 Å². The molecule has 0 amide bonds. The largest absolute Gasteiger partial charge is 1.00 e. The molecule has 2 nitrogen and oxygen atoms in total. The van der Waals surface area contributed by atoms with Crippen molar-refractivity contribution in [3.05, 3.63) is 60.7 Å². The first-order valence-corrected chi connectivity index (χ1v) is 6.30. The molecule has 0 unspecified atom stereocenters. The molecule has 2 aromatic carbocycles. The van der Waals surface area contributed by atoms with E-state index in [9.17, 15) is 0 Å². The Bertz CT molecular complexity index is 378. The zero-order chi connectivity index (χ0) is 13.1. The van der Waals surface area contributed by atoms with Crippen LogP contribution in [0.1, 0.15) is 22.6 Å². The molecular formula is C16H23NNa2O. The third-order valence-electron chi connectivity index (χ3n) is 2.50. The van der Waals surface area contributed by atoms with E-state index in [-0.39, 0.29) is 62.0 Å². The van der Waals surface area contributed by atoms with Gasteiger partial charge in [0.25, 0.3) is 0 Å². The van der Waals surface area contributed by atoms with Gasteiger partial charge < -0.3 is 7.69 Å². The molecule has 0 spiro atoms. The van der Waals surface area contributed by atoms with E-state index in [1.165, 1.54) is 11.1 Å². The predicted molar refractivity (Wildman–Crippen MR) is 79.1 cm³/mol. The van der Waals surface area contributed by atoms with Crippen LogP contribution in [0.15, 0.2) is 60.7 Å². The number of rotatable bonds is 4. The third kappa shape index (κ3) is 10.1. The van der Waals surface area contributed by atoms with Crippen LogP contribution < -0.4 is 65.0 Å². The van der Waals surface area contributed by atoms with Crippen LogP contribution in [0, 0.1) is 0 Å². The third-order valence-corrected chi connectivity index (χ3v) is 2.50. The van der Waals surface area contributed by atoms with Crippen LogP contribution in [0.3, 0.4) is 0 Å². The fourth-order valence-corrected chi connectivity index (χ4v) is 1.49. The summed E-state index contributed by atoms with van der Waals surface area (Å²) in [5.74, 6) is 4.71. The van der Waals surface area contributed by atoms with Crippen LogP contribution in [-0.4, -0.2) is 6.61 Å². The quantitative estimate of drug-likeness (QED) is 0.412. The Morgan fingerprint density at radius 2 is 1.25 bits per heavy atom. The van der Waals surface area contributed by atoms with Crippen molar-refractivity contribution in [3.63, 3.8) is 0 Å². The Morgan fingerprint density at radius 3 is 1.50 bits per heavy atom. The SMILES string of the molecule is CCCCON.[H-].[H-].[Na+].[Na+].c1ccc(-c2ccccc2)cc1. The minimum Gasteiger partial charge on any atom is -1.00 e. The van der Waals surface area contributed by atoms with Gasteiger partial charge in [-0.15, -0.1) is 0 Å². The Labute approximate surface area is 169 Å². The molecule has 20 heavy (non-hydrogen) atoms. The first-order valence-electron chi connectivity index (χ1n) is 6.30. The fourth-order valence-electron chi connectivity index (χ4n) is 1.49. The van der Waals surface area contributed by atoms with Crippen molar-refractivity contribution in [2.24, 2.45) is 5.90 Å². The van der Waals surface area contributed by atoms with E-state index in [1.54, 1.807) is 0 Å². The first-order chi connectivity index (χ1) is 8.88. The van der Waals surface area contributed by atoms with Gasteiger partial charge in [0.05, 0.1) is 6.61 Å². The van der Waals surface area contributed by atoms with E-state index in [0.29, 0.717) is 6.61 Å². The molecule has 2 rings (SSSR count). The summed E-state index contributed by atoms with van der Waals surface area (Å²) in [5.41, 5.74) is 2.55. The summed E-state index contributed by atoms with van der Waals surface area (Å²) in [6.07, 6.45) is 2.22. The van der Waals surface area contributed by atoms with Gasteiger partial charge in [-0.2, -0.15) is 0 Å². The molecule has 0 saturated heterocycles. The molecule has 0 aliphatic rings. The minimum atomic E-state index is 0. The van der Waals surface area contributed by atoms with E-state index in [1.807, 2.05) is 12.1 Å². The molecule has 0 aromatic heterocycles. The van der Waals surface area contributed by atoms with E-state index in [2.05, 4.69) is 60.3 Å². The maximum atomic E-state index is 4.71. The molecule has 2 N–H and O–H groups in total. The summed E-state index contributed by atoms with van der Waals surface area (Å²) in [5, 5.41) is 0. The monoisotopic (exact) mass is 291 g/mol. The Balaban J connectivity index is -0.000000145. The number of unbranched alkanes of at least 4 members (excludes halogenated alkanes) is 1. The van der Waals surface area contributed by atoms with Crippen molar-refractivity contribution in [3.8, 4) is 11.1 Å². The van der Waals surface area contributed by atoms with Gasteiger partial charge >= 0.3 is 59.1 Å². The summed E-state index contributed by atoms with van der Waals surface area (Å²) < 4.78 is 0. The minimum absolute atomic E-state index is 0. The maximum Gasteiger partial charge on any atom is 1.00 e. The van der Waals surface area contributed by atoms with Crippen molar-refractivity contribution >= 4 is 0 Å². The average Bonchev–Trinajstić information content (AvgIpc) is 2.48. The molecule has 0 heterocycles. The van der Waals surface area contributed by atoms with Gasteiger partial charge in [0, 0.05) is 0 Å². The van der Waals surface area contributed by atoms with Crippen molar-refractivity contribution in [2.45, 2.75) is 19.8 Å². The molecule has 0 atom stereocenters. The molecular weight excluding hydrogens is 268 g/mol. The summed E-state index contributed by atoms with van der Waals surface area (Å²) in [4.78, 5) is 4.28. The second-order valence-corrected chi connectivity index (χ2v) is 3.96. The molecule has 100 valence electrons. The zero-order valence-electron chi connectivity index (χ0n) is 14.9. The Hall–Kier alpha value is 0.360. The number of hydrogen-bond donors (Lipinski definition) is 1. The van der Waals surface area contributed by atoms with E-state index in [4.69, 9.17) is 5.90 Å². The second kappa shape index (κ2) is 15.7. The van der Waals surface area contributed by atoms with Crippen LogP contribution in [-0.2, 0) is 4.84 Å². The Kier molecular flexibility index (Phi) is 17.8. The van der Waals surface area contributed by atoms with Gasteiger partial charge in [0.1, 0.15) is 0 Å². The number of benzene rings is 2. The number of nitrogens with two attached hydrogens (primary N) is 1. The molecule has 0 aliphatic heterocycles. The van der Waals surface area contributed by atoms with Crippen molar-refractivity contribution < 1.29 is 66.8 Å². The molecule has 4 heteroatoms. The molecule has 2 aromatic rings. The molecule has 0 aliphatic carbocycles. The van der Waals surface area contributed by atoms with Gasteiger partial charge in [0.2, 0.25) is 0 Å². The molecule has 0 saturated carbocycles. The van der Waals surface area contributed by atoms with Crippen LogP contribution in [0.25, 0.3) is 11.1 Å². The Morgan fingerprint density at radius 1 is 0.850 bits per heavy atom. The van der Waals surface area contributed by atoms with E-state index in [0.717, 1.165) is 12.8 Å². The van der Waals surface area contributed by atoms with E-state index >= 15 is 0 Å². The second-order valence-electron chi connectivity index (χ2n) is 3.96. The van der Waals surface area contributed by atoms with Gasteiger partial charge in [-0.25, -0.2) is 5.90 Å². The molecule has 0 radical (unpaired) electrons. The van der Waals surface area contributed by atoms with Gasteiger partial charge in [-0.1, -0.05) is 74.0 Å². The zero-order valence-corrected chi connectivity index (χ0v) is 16.9.